The number of nitrogens with zero attached hydrogens (tertiary/aromatic N) is 1. The third-order valence-electron chi connectivity index (χ3n) is 2.41. The minimum Gasteiger partial charge on any atom is -0.480 e. The van der Waals surface area contributed by atoms with Gasteiger partial charge in [-0.2, -0.15) is 0 Å². The van der Waals surface area contributed by atoms with Crippen LogP contribution in [0.5, 0.6) is 0 Å². The number of hydrogen-bond acceptors (Lipinski definition) is 4. The third kappa shape index (κ3) is 5.71. The highest BCUT2D eigenvalue weighted by Gasteiger charge is 2.22. The molecule has 1 unspecified atom stereocenters. The molecule has 0 aromatic heterocycles. The Hall–Kier alpha value is -0.650. The highest BCUT2D eigenvalue weighted by atomic mass is 16.4. The number of nitrogens with two attached hydrogens (primary N) is 2. The molecule has 0 saturated carbocycles. The monoisotopic (exact) mass is 217 g/mol. The van der Waals surface area contributed by atoms with E-state index in [0.717, 1.165) is 25.9 Å². The first-order chi connectivity index (χ1) is 7.17. The molecule has 5 N–H and O–H groups in total. The van der Waals surface area contributed by atoms with Gasteiger partial charge in [0.2, 0.25) is 0 Å². The van der Waals surface area contributed by atoms with Crippen LogP contribution in [0.4, 0.5) is 0 Å². The van der Waals surface area contributed by atoms with Gasteiger partial charge in [-0.05, 0) is 32.4 Å². The van der Waals surface area contributed by atoms with Gasteiger partial charge in [-0.3, -0.25) is 9.69 Å². The first kappa shape index (κ1) is 14.3. The van der Waals surface area contributed by atoms with E-state index < -0.39 is 12.0 Å². The molecule has 0 heterocycles. The van der Waals surface area contributed by atoms with E-state index in [9.17, 15) is 4.79 Å². The van der Waals surface area contributed by atoms with Crippen LogP contribution >= 0.6 is 0 Å². The molecular formula is C10H23N3O2. The van der Waals surface area contributed by atoms with Gasteiger partial charge in [-0.25, -0.2) is 0 Å². The van der Waals surface area contributed by atoms with E-state index in [1.807, 2.05) is 11.8 Å². The van der Waals surface area contributed by atoms with Crippen molar-refractivity contribution >= 4 is 5.97 Å². The second kappa shape index (κ2) is 8.64. The van der Waals surface area contributed by atoms with Gasteiger partial charge in [0.1, 0.15) is 6.04 Å². The van der Waals surface area contributed by atoms with Crippen LogP contribution in [0.2, 0.25) is 0 Å². The lowest BCUT2D eigenvalue weighted by Crippen LogP contribution is -2.42. The molecule has 0 aliphatic heterocycles. The second-order valence-electron chi connectivity index (χ2n) is 3.58. The maximum absolute atomic E-state index is 11.0. The Morgan fingerprint density at radius 2 is 1.73 bits per heavy atom. The summed E-state index contributed by atoms with van der Waals surface area (Å²) < 4.78 is 0. The van der Waals surface area contributed by atoms with Crippen LogP contribution < -0.4 is 11.5 Å². The van der Waals surface area contributed by atoms with Crippen LogP contribution in [0.25, 0.3) is 0 Å². The summed E-state index contributed by atoms with van der Waals surface area (Å²) in [7, 11) is 0. The van der Waals surface area contributed by atoms with Crippen molar-refractivity contribution in [2.75, 3.05) is 26.2 Å². The quantitative estimate of drug-likeness (QED) is 0.499. The highest BCUT2D eigenvalue weighted by Crippen LogP contribution is 2.06. The van der Waals surface area contributed by atoms with E-state index in [-0.39, 0.29) is 0 Å². The Morgan fingerprint density at radius 3 is 2.00 bits per heavy atom. The average molecular weight is 217 g/mol. The average Bonchev–Trinajstić information content (AvgIpc) is 2.21. The fourth-order valence-electron chi connectivity index (χ4n) is 1.60. The predicted molar refractivity (Wildman–Crippen MR) is 60.6 cm³/mol. The van der Waals surface area contributed by atoms with Crippen LogP contribution in [0.3, 0.4) is 0 Å². The van der Waals surface area contributed by atoms with E-state index in [1.54, 1.807) is 0 Å². The zero-order valence-corrected chi connectivity index (χ0v) is 9.48. The van der Waals surface area contributed by atoms with E-state index >= 15 is 0 Å². The highest BCUT2D eigenvalue weighted by molar-refractivity contribution is 5.73. The molecule has 0 radical (unpaired) electrons. The van der Waals surface area contributed by atoms with Crippen molar-refractivity contribution in [3.63, 3.8) is 0 Å². The fourth-order valence-corrected chi connectivity index (χ4v) is 1.60. The van der Waals surface area contributed by atoms with Crippen molar-refractivity contribution in [2.24, 2.45) is 11.5 Å². The molecule has 0 aromatic rings. The van der Waals surface area contributed by atoms with Crippen LogP contribution in [0.1, 0.15) is 26.2 Å². The molecule has 5 heteroatoms. The van der Waals surface area contributed by atoms with Gasteiger partial charge in [0.05, 0.1) is 0 Å². The van der Waals surface area contributed by atoms with Crippen LogP contribution in [0.15, 0.2) is 0 Å². The Kier molecular flexibility index (Phi) is 8.27. The first-order valence-electron chi connectivity index (χ1n) is 5.54. The summed E-state index contributed by atoms with van der Waals surface area (Å²) in [5.41, 5.74) is 10.8. The number of aliphatic carboxylic acids is 1. The molecule has 0 amide bonds. The number of carboxylic acids is 1. The van der Waals surface area contributed by atoms with E-state index in [4.69, 9.17) is 16.6 Å². The zero-order valence-electron chi connectivity index (χ0n) is 9.48. The van der Waals surface area contributed by atoms with E-state index in [0.29, 0.717) is 19.5 Å². The van der Waals surface area contributed by atoms with Gasteiger partial charge < -0.3 is 16.6 Å². The largest absolute Gasteiger partial charge is 0.480 e. The van der Waals surface area contributed by atoms with E-state index in [2.05, 4.69) is 0 Å². The smallest absolute Gasteiger partial charge is 0.320 e. The summed E-state index contributed by atoms with van der Waals surface area (Å²) in [5, 5.41) is 9.04. The van der Waals surface area contributed by atoms with Gasteiger partial charge in [-0.1, -0.05) is 6.92 Å². The summed E-state index contributed by atoms with van der Waals surface area (Å²) in [5.74, 6) is -0.758. The van der Waals surface area contributed by atoms with Crippen molar-refractivity contribution < 1.29 is 9.90 Å². The van der Waals surface area contributed by atoms with E-state index in [1.165, 1.54) is 0 Å². The zero-order chi connectivity index (χ0) is 11.7. The summed E-state index contributed by atoms with van der Waals surface area (Å²) in [4.78, 5) is 13.0. The lowest BCUT2D eigenvalue weighted by molar-refractivity contribution is -0.143. The number of carboxylic acid groups (broad SMARTS) is 1. The molecular weight excluding hydrogens is 194 g/mol. The maximum Gasteiger partial charge on any atom is 0.320 e. The SMILES string of the molecule is CCC(C(=O)O)N(CCCN)CCCN. The van der Waals surface area contributed by atoms with Gasteiger partial charge in [0.15, 0.2) is 0 Å². The lowest BCUT2D eigenvalue weighted by atomic mass is 10.1. The first-order valence-corrected chi connectivity index (χ1v) is 5.54. The number of carbonyl (C=O) groups is 1. The second-order valence-corrected chi connectivity index (χ2v) is 3.58. The third-order valence-corrected chi connectivity index (χ3v) is 2.41. The summed E-state index contributed by atoms with van der Waals surface area (Å²) in [6, 6.07) is -0.400. The van der Waals surface area contributed by atoms with Crippen LogP contribution in [0, 0.1) is 0 Å². The summed E-state index contributed by atoms with van der Waals surface area (Å²) in [6.45, 7) is 4.55. The summed E-state index contributed by atoms with van der Waals surface area (Å²) >= 11 is 0. The molecule has 0 spiro atoms. The van der Waals surface area contributed by atoms with Crippen molar-refractivity contribution in [1.29, 1.82) is 0 Å². The molecule has 0 fully saturated rings. The molecule has 0 rings (SSSR count). The summed E-state index contributed by atoms with van der Waals surface area (Å²) in [6.07, 6.45) is 2.27. The molecule has 15 heavy (non-hydrogen) atoms. The number of hydrogen-bond donors (Lipinski definition) is 3. The standard InChI is InChI=1S/C10H23N3O2/c1-2-9(10(14)15)13(7-3-5-11)8-4-6-12/h9H,2-8,11-12H2,1H3,(H,14,15). The molecule has 5 nitrogen and oxygen atoms in total. The van der Waals surface area contributed by atoms with Crippen molar-refractivity contribution in [1.82, 2.24) is 4.90 Å². The minimum atomic E-state index is -0.758. The molecule has 0 aliphatic carbocycles. The predicted octanol–water partition coefficient (Wildman–Crippen LogP) is -0.151. The Labute approximate surface area is 91.4 Å². The molecule has 0 aliphatic rings. The van der Waals surface area contributed by atoms with Gasteiger partial charge >= 0.3 is 5.97 Å². The van der Waals surface area contributed by atoms with Crippen LogP contribution in [-0.4, -0.2) is 48.2 Å². The maximum atomic E-state index is 11.0. The Bertz CT molecular complexity index is 168. The molecule has 0 bridgehead atoms. The van der Waals surface area contributed by atoms with Crippen molar-refractivity contribution in [2.45, 2.75) is 32.2 Å². The normalized spacial score (nSPS) is 13.1. The molecule has 0 aromatic carbocycles. The molecule has 1 atom stereocenters. The van der Waals surface area contributed by atoms with Gasteiger partial charge in [0, 0.05) is 13.1 Å². The molecule has 90 valence electrons. The minimum absolute atomic E-state index is 0.400. The van der Waals surface area contributed by atoms with Gasteiger partial charge in [0.25, 0.3) is 0 Å². The Morgan fingerprint density at radius 1 is 1.27 bits per heavy atom. The Balaban J connectivity index is 4.22. The number of rotatable bonds is 9. The van der Waals surface area contributed by atoms with Gasteiger partial charge in [-0.15, -0.1) is 0 Å². The van der Waals surface area contributed by atoms with Crippen molar-refractivity contribution in [3.8, 4) is 0 Å². The van der Waals surface area contributed by atoms with Crippen LogP contribution in [-0.2, 0) is 4.79 Å². The lowest BCUT2D eigenvalue weighted by Gasteiger charge is -2.27. The van der Waals surface area contributed by atoms with Crippen molar-refractivity contribution in [3.05, 3.63) is 0 Å². The molecule has 0 saturated heterocycles. The topological polar surface area (TPSA) is 92.6 Å². The fraction of sp³-hybridized carbons (Fsp3) is 0.900.